The highest BCUT2D eigenvalue weighted by molar-refractivity contribution is 5.93. The van der Waals surface area contributed by atoms with E-state index in [1.807, 2.05) is 36.4 Å². The van der Waals surface area contributed by atoms with Crippen molar-refractivity contribution in [1.29, 1.82) is 0 Å². The highest BCUT2D eigenvalue weighted by Crippen LogP contribution is 2.37. The van der Waals surface area contributed by atoms with Crippen LogP contribution in [-0.4, -0.2) is 13.1 Å². The minimum atomic E-state index is -0.476. The number of benzene rings is 2. The molecule has 2 aromatic carbocycles. The van der Waals surface area contributed by atoms with Crippen LogP contribution in [0, 0.1) is 4.91 Å². The summed E-state index contributed by atoms with van der Waals surface area (Å²) in [6, 6.07) is 12.9. The van der Waals surface area contributed by atoms with E-state index in [1.165, 1.54) is 7.11 Å². The van der Waals surface area contributed by atoms with Crippen molar-refractivity contribution in [2.45, 2.75) is 31.9 Å². The third-order valence-corrected chi connectivity index (χ3v) is 4.29. The van der Waals surface area contributed by atoms with Gasteiger partial charge in [-0.2, -0.15) is 4.91 Å². The van der Waals surface area contributed by atoms with Crippen molar-refractivity contribution in [2.75, 3.05) is 7.11 Å². The molecule has 0 N–H and O–H groups in total. The first-order chi connectivity index (χ1) is 11.7. The molecule has 3 rings (SSSR count). The predicted molar refractivity (Wildman–Crippen MR) is 90.0 cm³/mol. The number of methoxy groups -OCH3 is 1. The third-order valence-electron chi connectivity index (χ3n) is 4.29. The molecule has 1 aliphatic rings. The number of esters is 1. The van der Waals surface area contributed by atoms with Gasteiger partial charge in [0, 0.05) is 0 Å². The van der Waals surface area contributed by atoms with Crippen molar-refractivity contribution in [3.05, 3.63) is 69.6 Å². The quantitative estimate of drug-likeness (QED) is 0.610. The number of carbonyl (C=O) groups is 1. The molecular formula is C19H19NO4. The summed E-state index contributed by atoms with van der Waals surface area (Å²) in [7, 11) is 1.33. The van der Waals surface area contributed by atoms with E-state index < -0.39 is 12.0 Å². The molecule has 0 heterocycles. The summed E-state index contributed by atoms with van der Waals surface area (Å²) in [5, 5.41) is 3.20. The molecule has 0 bridgehead atoms. The van der Waals surface area contributed by atoms with Crippen LogP contribution in [0.4, 0.5) is 0 Å². The van der Waals surface area contributed by atoms with Crippen molar-refractivity contribution >= 4 is 5.97 Å². The molecule has 1 unspecified atom stereocenters. The molecule has 5 nitrogen and oxygen atoms in total. The Morgan fingerprint density at radius 3 is 2.75 bits per heavy atom. The van der Waals surface area contributed by atoms with Gasteiger partial charge in [0.2, 0.25) is 0 Å². The molecule has 0 amide bonds. The second-order valence-electron chi connectivity index (χ2n) is 5.83. The Hall–Kier alpha value is -2.69. The van der Waals surface area contributed by atoms with Crippen LogP contribution in [0.15, 0.2) is 47.6 Å². The molecule has 5 heteroatoms. The van der Waals surface area contributed by atoms with Gasteiger partial charge in [-0.25, -0.2) is 4.79 Å². The summed E-state index contributed by atoms with van der Waals surface area (Å²) >= 11 is 0. The van der Waals surface area contributed by atoms with E-state index >= 15 is 0 Å². The topological polar surface area (TPSA) is 65.0 Å². The molecule has 0 spiro atoms. The number of fused-ring (bicyclic) bond motifs is 1. The molecule has 0 radical (unpaired) electrons. The molecule has 0 saturated heterocycles. The lowest BCUT2D eigenvalue weighted by atomic mass is 9.86. The minimum Gasteiger partial charge on any atom is -0.488 e. The third kappa shape index (κ3) is 3.30. The molecular weight excluding hydrogens is 306 g/mol. The van der Waals surface area contributed by atoms with Gasteiger partial charge in [0.05, 0.1) is 7.11 Å². The maximum Gasteiger partial charge on any atom is 0.341 e. The maximum absolute atomic E-state index is 12.1. The van der Waals surface area contributed by atoms with Gasteiger partial charge in [-0.3, -0.25) is 0 Å². The average Bonchev–Trinajstić information content (AvgIpc) is 2.65. The van der Waals surface area contributed by atoms with Gasteiger partial charge in [0.25, 0.3) is 0 Å². The fourth-order valence-corrected chi connectivity index (χ4v) is 3.04. The fraction of sp³-hybridized carbons (Fsp3) is 0.316. The lowest BCUT2D eigenvalue weighted by Crippen LogP contribution is -2.13. The lowest BCUT2D eigenvalue weighted by Gasteiger charge is -2.22. The van der Waals surface area contributed by atoms with Gasteiger partial charge in [0.1, 0.15) is 24.0 Å². The Kier molecular flexibility index (Phi) is 4.89. The summed E-state index contributed by atoms with van der Waals surface area (Å²) < 4.78 is 10.7. The second-order valence-corrected chi connectivity index (χ2v) is 5.83. The normalized spacial score (nSPS) is 16.1. The Labute approximate surface area is 140 Å². The first-order valence-corrected chi connectivity index (χ1v) is 7.97. The zero-order valence-electron chi connectivity index (χ0n) is 13.5. The van der Waals surface area contributed by atoms with Crippen LogP contribution < -0.4 is 4.74 Å². The van der Waals surface area contributed by atoms with Crippen LogP contribution >= 0.6 is 0 Å². The summed E-state index contributed by atoms with van der Waals surface area (Å²) in [6.07, 6.45) is 2.46. The number of ether oxygens (including phenoxy) is 2. The molecule has 1 atom stereocenters. The van der Waals surface area contributed by atoms with Crippen LogP contribution in [0.1, 0.15) is 45.9 Å². The molecule has 0 aliphatic heterocycles. The molecule has 0 aromatic heterocycles. The Morgan fingerprint density at radius 1 is 1.25 bits per heavy atom. The zero-order chi connectivity index (χ0) is 16.9. The van der Waals surface area contributed by atoms with Gasteiger partial charge < -0.3 is 9.47 Å². The van der Waals surface area contributed by atoms with Crippen molar-refractivity contribution in [3.63, 3.8) is 0 Å². The average molecular weight is 325 g/mol. The van der Waals surface area contributed by atoms with Crippen molar-refractivity contribution in [1.82, 2.24) is 0 Å². The zero-order valence-corrected chi connectivity index (χ0v) is 13.5. The van der Waals surface area contributed by atoms with Crippen molar-refractivity contribution in [2.24, 2.45) is 5.18 Å². The van der Waals surface area contributed by atoms with E-state index in [-0.39, 0.29) is 0 Å². The first-order valence-electron chi connectivity index (χ1n) is 7.97. The molecule has 124 valence electrons. The minimum absolute atomic E-state index is 0.336. The van der Waals surface area contributed by atoms with E-state index in [1.54, 1.807) is 6.07 Å². The van der Waals surface area contributed by atoms with Gasteiger partial charge in [-0.05, 0) is 48.1 Å². The van der Waals surface area contributed by atoms with Crippen LogP contribution in [0.2, 0.25) is 0 Å². The summed E-state index contributed by atoms with van der Waals surface area (Å²) in [5.41, 5.74) is 3.17. The van der Waals surface area contributed by atoms with Gasteiger partial charge in [0.15, 0.2) is 0 Å². The molecule has 0 saturated carbocycles. The standard InChI is InChI=1S/C19H19NO4/c1-23-19(21)16-11-15-14(8-5-9-17(15)20-22)10-18(16)24-12-13-6-3-2-4-7-13/h2-4,6-7,10-11,17H,5,8-9,12H2,1H3. The number of nitrogens with zero attached hydrogens (tertiary/aromatic N) is 1. The largest absolute Gasteiger partial charge is 0.488 e. The van der Waals surface area contributed by atoms with E-state index in [4.69, 9.17) is 9.47 Å². The highest BCUT2D eigenvalue weighted by atomic mass is 16.5. The number of hydrogen-bond acceptors (Lipinski definition) is 5. The van der Waals surface area contributed by atoms with Crippen LogP contribution in [0.5, 0.6) is 5.75 Å². The van der Waals surface area contributed by atoms with E-state index in [0.29, 0.717) is 24.3 Å². The summed E-state index contributed by atoms with van der Waals surface area (Å²) in [4.78, 5) is 23.2. The molecule has 1 aliphatic carbocycles. The maximum atomic E-state index is 12.1. The molecule has 0 fully saturated rings. The number of carbonyl (C=O) groups excluding carboxylic acids is 1. The summed E-state index contributed by atoms with van der Waals surface area (Å²) in [5.74, 6) is 0.00656. The monoisotopic (exact) mass is 325 g/mol. The fourth-order valence-electron chi connectivity index (χ4n) is 3.04. The van der Waals surface area contributed by atoms with Crippen molar-refractivity contribution in [3.8, 4) is 5.75 Å². The number of rotatable bonds is 5. The Balaban J connectivity index is 1.94. The molecule has 24 heavy (non-hydrogen) atoms. The summed E-state index contributed by atoms with van der Waals surface area (Å²) in [6.45, 7) is 0.360. The van der Waals surface area contributed by atoms with Gasteiger partial charge >= 0.3 is 5.97 Å². The lowest BCUT2D eigenvalue weighted by molar-refractivity contribution is 0.0595. The Morgan fingerprint density at radius 2 is 2.04 bits per heavy atom. The van der Waals surface area contributed by atoms with Crippen LogP contribution in [0.25, 0.3) is 0 Å². The predicted octanol–water partition coefficient (Wildman–Crippen LogP) is 4.20. The van der Waals surface area contributed by atoms with E-state index in [0.717, 1.165) is 29.5 Å². The van der Waals surface area contributed by atoms with Crippen LogP contribution in [0.3, 0.4) is 0 Å². The number of hydrogen-bond donors (Lipinski definition) is 0. The highest BCUT2D eigenvalue weighted by Gasteiger charge is 2.25. The molecule has 2 aromatic rings. The Bertz CT molecular complexity index is 743. The number of aryl methyl sites for hydroxylation is 1. The van der Waals surface area contributed by atoms with Crippen molar-refractivity contribution < 1.29 is 14.3 Å². The van der Waals surface area contributed by atoms with Crippen LogP contribution in [-0.2, 0) is 17.8 Å². The number of nitroso groups, excluding NO2 is 1. The first kappa shape index (κ1) is 16.2. The smallest absolute Gasteiger partial charge is 0.341 e. The SMILES string of the molecule is COC(=O)c1cc2c(cc1OCc1ccccc1)CCCC2N=O. The second kappa shape index (κ2) is 7.25. The van der Waals surface area contributed by atoms with Gasteiger partial charge in [-0.1, -0.05) is 35.5 Å². The van der Waals surface area contributed by atoms with E-state index in [2.05, 4.69) is 5.18 Å². The van der Waals surface area contributed by atoms with E-state index in [9.17, 15) is 9.70 Å². The van der Waals surface area contributed by atoms with Gasteiger partial charge in [-0.15, -0.1) is 0 Å².